The lowest BCUT2D eigenvalue weighted by molar-refractivity contribution is -0.126. The molecule has 1 aliphatic rings. The van der Waals surface area contributed by atoms with Crippen LogP contribution in [0.4, 0.5) is 0 Å². The average molecular weight is 138 g/mol. The molecule has 0 bridgehead atoms. The van der Waals surface area contributed by atoms with Gasteiger partial charge in [-0.15, -0.1) is 6.42 Å². The fraction of sp³-hybridized carbons (Fsp3) is 0.571. The molecular weight excluding hydrogens is 128 g/mol. The lowest BCUT2D eigenvalue weighted by Gasteiger charge is -2.35. The molecule has 0 saturated carbocycles. The Morgan fingerprint density at radius 3 is 2.80 bits per heavy atom. The lowest BCUT2D eigenvalue weighted by atomic mass is 10.00. The molecular formula is C7H10N2O. The van der Waals surface area contributed by atoms with Crippen LogP contribution in [0.25, 0.3) is 0 Å². The summed E-state index contributed by atoms with van der Waals surface area (Å²) < 4.78 is 0. The molecule has 0 atom stereocenters. The summed E-state index contributed by atoms with van der Waals surface area (Å²) in [5.74, 6) is 2.32. The molecule has 1 saturated heterocycles. The van der Waals surface area contributed by atoms with Gasteiger partial charge in [0.25, 0.3) is 0 Å². The van der Waals surface area contributed by atoms with E-state index < -0.39 is 0 Å². The van der Waals surface area contributed by atoms with Gasteiger partial charge in [-0.05, 0) is 0 Å². The van der Waals surface area contributed by atoms with E-state index in [0.717, 1.165) is 13.1 Å². The molecule has 54 valence electrons. The summed E-state index contributed by atoms with van der Waals surface area (Å²) in [5, 5.41) is 0. The number of rotatable bonds is 2. The van der Waals surface area contributed by atoms with Crippen molar-refractivity contribution in [2.75, 3.05) is 19.6 Å². The van der Waals surface area contributed by atoms with E-state index in [2.05, 4.69) is 5.92 Å². The van der Waals surface area contributed by atoms with Crippen LogP contribution in [0.5, 0.6) is 0 Å². The van der Waals surface area contributed by atoms with Gasteiger partial charge in [0.1, 0.15) is 0 Å². The number of nitrogens with two attached hydrogens (primary N) is 1. The number of hydrogen-bond acceptors (Lipinski definition) is 2. The number of primary amides is 1. The Kier molecular flexibility index (Phi) is 1.93. The Bertz CT molecular complexity index is 177. The van der Waals surface area contributed by atoms with E-state index in [4.69, 9.17) is 12.2 Å². The van der Waals surface area contributed by atoms with Crippen LogP contribution < -0.4 is 5.73 Å². The number of hydrogen-bond donors (Lipinski definition) is 1. The average Bonchev–Trinajstić information content (AvgIpc) is 1.76. The van der Waals surface area contributed by atoms with Crippen LogP contribution in [0.1, 0.15) is 0 Å². The number of terminal acetylenes is 1. The third kappa shape index (κ3) is 1.28. The molecule has 0 aromatic rings. The summed E-state index contributed by atoms with van der Waals surface area (Å²) in [6.07, 6.45) is 5.05. The minimum atomic E-state index is -0.215. The number of carbonyl (C=O) groups is 1. The van der Waals surface area contributed by atoms with Gasteiger partial charge in [-0.1, -0.05) is 5.92 Å². The summed E-state index contributed by atoms with van der Waals surface area (Å²) in [7, 11) is 0. The van der Waals surface area contributed by atoms with Crippen molar-refractivity contribution in [3.05, 3.63) is 0 Å². The second-order valence-corrected chi connectivity index (χ2v) is 2.50. The molecule has 0 aliphatic carbocycles. The molecule has 3 heteroatoms. The summed E-state index contributed by atoms with van der Waals surface area (Å²) in [4.78, 5) is 12.5. The molecule has 0 aromatic carbocycles. The van der Waals surface area contributed by atoms with Crippen molar-refractivity contribution in [2.24, 2.45) is 11.7 Å². The quantitative estimate of drug-likeness (QED) is 0.499. The molecule has 0 unspecified atom stereocenters. The first-order chi connectivity index (χ1) is 4.74. The largest absolute Gasteiger partial charge is 0.369 e. The zero-order chi connectivity index (χ0) is 7.56. The molecule has 0 aromatic heterocycles. The Hall–Kier alpha value is -1.01. The molecule has 0 radical (unpaired) electrons. The maximum absolute atomic E-state index is 10.5. The molecule has 1 rings (SSSR count). The van der Waals surface area contributed by atoms with Crippen molar-refractivity contribution in [3.8, 4) is 12.3 Å². The highest BCUT2D eigenvalue weighted by Crippen LogP contribution is 2.12. The zero-order valence-electron chi connectivity index (χ0n) is 5.71. The predicted octanol–water partition coefficient (Wildman–Crippen LogP) is -0.963. The third-order valence-corrected chi connectivity index (χ3v) is 1.67. The smallest absolute Gasteiger partial charge is 0.223 e. The summed E-state index contributed by atoms with van der Waals surface area (Å²) in [6.45, 7) is 2.10. The van der Waals surface area contributed by atoms with E-state index in [0.29, 0.717) is 6.54 Å². The first kappa shape index (κ1) is 7.10. The summed E-state index contributed by atoms with van der Waals surface area (Å²) >= 11 is 0. The fourth-order valence-electron chi connectivity index (χ4n) is 1.01. The maximum Gasteiger partial charge on any atom is 0.223 e. The second kappa shape index (κ2) is 2.72. The summed E-state index contributed by atoms with van der Waals surface area (Å²) in [6, 6.07) is 0. The van der Waals surface area contributed by atoms with Crippen molar-refractivity contribution in [1.29, 1.82) is 0 Å². The van der Waals surface area contributed by atoms with E-state index in [-0.39, 0.29) is 11.8 Å². The van der Waals surface area contributed by atoms with E-state index in [1.807, 2.05) is 4.90 Å². The van der Waals surface area contributed by atoms with E-state index >= 15 is 0 Å². The van der Waals surface area contributed by atoms with Crippen molar-refractivity contribution in [2.45, 2.75) is 0 Å². The highest BCUT2D eigenvalue weighted by Gasteiger charge is 2.29. The van der Waals surface area contributed by atoms with Crippen LogP contribution in [0, 0.1) is 18.3 Å². The summed E-state index contributed by atoms with van der Waals surface area (Å²) in [5.41, 5.74) is 5.04. The molecule has 1 amide bonds. The highest BCUT2D eigenvalue weighted by atomic mass is 16.1. The minimum absolute atomic E-state index is 0.0355. The van der Waals surface area contributed by atoms with Gasteiger partial charge in [0, 0.05) is 13.1 Å². The Labute approximate surface area is 60.2 Å². The first-order valence-corrected chi connectivity index (χ1v) is 3.19. The van der Waals surface area contributed by atoms with Crippen LogP contribution in [0.2, 0.25) is 0 Å². The van der Waals surface area contributed by atoms with Crippen LogP contribution in [0.3, 0.4) is 0 Å². The van der Waals surface area contributed by atoms with Crippen molar-refractivity contribution >= 4 is 5.91 Å². The van der Waals surface area contributed by atoms with Gasteiger partial charge in [-0.2, -0.15) is 0 Å². The minimum Gasteiger partial charge on any atom is -0.369 e. The van der Waals surface area contributed by atoms with Crippen molar-refractivity contribution in [1.82, 2.24) is 4.90 Å². The van der Waals surface area contributed by atoms with Crippen LogP contribution in [-0.2, 0) is 4.79 Å². The molecule has 0 spiro atoms. The van der Waals surface area contributed by atoms with Gasteiger partial charge in [0.05, 0.1) is 12.5 Å². The SMILES string of the molecule is C#CCN1CC(C(N)=O)C1. The Morgan fingerprint density at radius 1 is 1.80 bits per heavy atom. The predicted molar refractivity (Wildman–Crippen MR) is 38.0 cm³/mol. The number of likely N-dealkylation sites (tertiary alicyclic amines) is 1. The standard InChI is InChI=1S/C7H10N2O/c1-2-3-9-4-6(5-9)7(8)10/h1,6H,3-5H2,(H2,8,10). The number of nitrogens with zero attached hydrogens (tertiary/aromatic N) is 1. The van der Waals surface area contributed by atoms with Gasteiger partial charge in [0.2, 0.25) is 5.91 Å². The van der Waals surface area contributed by atoms with Gasteiger partial charge < -0.3 is 5.73 Å². The topological polar surface area (TPSA) is 46.3 Å². The molecule has 1 heterocycles. The van der Waals surface area contributed by atoms with Gasteiger partial charge in [0.15, 0.2) is 0 Å². The van der Waals surface area contributed by atoms with Crippen LogP contribution in [0.15, 0.2) is 0 Å². The van der Waals surface area contributed by atoms with Crippen molar-refractivity contribution in [3.63, 3.8) is 0 Å². The zero-order valence-corrected chi connectivity index (χ0v) is 5.71. The van der Waals surface area contributed by atoms with Crippen LogP contribution >= 0.6 is 0 Å². The van der Waals surface area contributed by atoms with Gasteiger partial charge in [-0.25, -0.2) is 0 Å². The highest BCUT2D eigenvalue weighted by molar-refractivity contribution is 5.78. The lowest BCUT2D eigenvalue weighted by Crippen LogP contribution is -2.52. The fourth-order valence-corrected chi connectivity index (χ4v) is 1.01. The van der Waals surface area contributed by atoms with Gasteiger partial charge >= 0.3 is 0 Å². The third-order valence-electron chi connectivity index (χ3n) is 1.67. The molecule has 3 nitrogen and oxygen atoms in total. The Morgan fingerprint density at radius 2 is 2.40 bits per heavy atom. The molecule has 10 heavy (non-hydrogen) atoms. The molecule has 1 fully saturated rings. The van der Waals surface area contributed by atoms with E-state index in [1.165, 1.54) is 0 Å². The number of amides is 1. The van der Waals surface area contributed by atoms with Gasteiger partial charge in [-0.3, -0.25) is 9.69 Å². The maximum atomic E-state index is 10.5. The van der Waals surface area contributed by atoms with E-state index in [1.54, 1.807) is 0 Å². The first-order valence-electron chi connectivity index (χ1n) is 3.19. The second-order valence-electron chi connectivity index (χ2n) is 2.50. The van der Waals surface area contributed by atoms with Crippen LogP contribution in [-0.4, -0.2) is 30.4 Å². The Balaban J connectivity index is 2.19. The number of carbonyl (C=O) groups excluding carboxylic acids is 1. The monoisotopic (exact) mass is 138 g/mol. The normalized spacial score (nSPS) is 19.5. The van der Waals surface area contributed by atoms with E-state index in [9.17, 15) is 4.79 Å². The molecule has 1 aliphatic heterocycles. The van der Waals surface area contributed by atoms with Crippen molar-refractivity contribution < 1.29 is 4.79 Å². The molecule has 2 N–H and O–H groups in total.